The zero-order chi connectivity index (χ0) is 23.3. The first-order valence-electron chi connectivity index (χ1n) is 10.4. The predicted octanol–water partition coefficient (Wildman–Crippen LogP) is 3.84. The standard InChI is InChI=1S/C24H24N2O6S/c1-30-20-9-3-17(4-10-20)15-24(27)25-18-5-7-19(8-6-18)26-33(28,29)21-11-12-22-23(16-21)32-14-2-13-31-22/h3-12,16,26H,2,13-15H2,1H3,(H,25,27). The third-order valence-electron chi connectivity index (χ3n) is 4.97. The number of carbonyl (C=O) groups is 1. The zero-order valence-corrected chi connectivity index (χ0v) is 18.9. The van der Waals surface area contributed by atoms with Gasteiger partial charge in [0.2, 0.25) is 5.91 Å². The Labute approximate surface area is 192 Å². The zero-order valence-electron chi connectivity index (χ0n) is 18.0. The molecule has 1 amide bonds. The minimum Gasteiger partial charge on any atom is -0.497 e. The molecule has 1 aliphatic rings. The molecule has 0 saturated carbocycles. The summed E-state index contributed by atoms with van der Waals surface area (Å²) in [7, 11) is -2.24. The molecule has 0 atom stereocenters. The van der Waals surface area contributed by atoms with E-state index in [4.69, 9.17) is 14.2 Å². The van der Waals surface area contributed by atoms with Crippen LogP contribution in [0.25, 0.3) is 0 Å². The highest BCUT2D eigenvalue weighted by Gasteiger charge is 2.19. The van der Waals surface area contributed by atoms with E-state index in [1.165, 1.54) is 12.1 Å². The van der Waals surface area contributed by atoms with Crippen molar-refractivity contribution >= 4 is 27.3 Å². The molecule has 0 fully saturated rings. The average Bonchev–Trinajstić information content (AvgIpc) is 3.05. The number of methoxy groups -OCH3 is 1. The molecule has 3 aromatic rings. The van der Waals surface area contributed by atoms with Gasteiger partial charge < -0.3 is 19.5 Å². The van der Waals surface area contributed by atoms with Crippen LogP contribution in [-0.4, -0.2) is 34.6 Å². The predicted molar refractivity (Wildman–Crippen MR) is 125 cm³/mol. The van der Waals surface area contributed by atoms with Crippen LogP contribution >= 0.6 is 0 Å². The Kier molecular flexibility index (Phi) is 6.69. The summed E-state index contributed by atoms with van der Waals surface area (Å²) in [5, 5.41) is 2.80. The number of nitrogens with one attached hydrogen (secondary N) is 2. The minimum atomic E-state index is -3.82. The number of rotatable bonds is 7. The van der Waals surface area contributed by atoms with Gasteiger partial charge in [0.25, 0.3) is 10.0 Å². The molecular formula is C24H24N2O6S. The molecule has 0 unspecified atom stereocenters. The first kappa shape index (κ1) is 22.5. The summed E-state index contributed by atoms with van der Waals surface area (Å²) in [6.07, 6.45) is 0.945. The molecule has 0 spiro atoms. The molecular weight excluding hydrogens is 444 g/mol. The van der Waals surface area contributed by atoms with Crippen molar-refractivity contribution in [3.8, 4) is 17.2 Å². The number of benzene rings is 3. The SMILES string of the molecule is COc1ccc(CC(=O)Nc2ccc(NS(=O)(=O)c3ccc4c(c3)OCCCO4)cc2)cc1. The van der Waals surface area contributed by atoms with E-state index in [9.17, 15) is 13.2 Å². The first-order chi connectivity index (χ1) is 15.9. The molecule has 172 valence electrons. The molecule has 0 aromatic heterocycles. The summed E-state index contributed by atoms with van der Waals surface area (Å²) >= 11 is 0. The summed E-state index contributed by atoms with van der Waals surface area (Å²) in [5.74, 6) is 1.48. The average molecular weight is 469 g/mol. The second kappa shape index (κ2) is 9.83. The van der Waals surface area contributed by atoms with Gasteiger partial charge in [0, 0.05) is 23.9 Å². The maximum absolute atomic E-state index is 12.8. The van der Waals surface area contributed by atoms with E-state index in [2.05, 4.69) is 10.0 Å². The van der Waals surface area contributed by atoms with E-state index in [0.29, 0.717) is 36.1 Å². The van der Waals surface area contributed by atoms with Crippen molar-refractivity contribution in [3.05, 3.63) is 72.3 Å². The highest BCUT2D eigenvalue weighted by molar-refractivity contribution is 7.92. The minimum absolute atomic E-state index is 0.0728. The van der Waals surface area contributed by atoms with Crippen molar-refractivity contribution in [1.29, 1.82) is 0 Å². The van der Waals surface area contributed by atoms with Crippen LogP contribution in [0.5, 0.6) is 17.2 Å². The lowest BCUT2D eigenvalue weighted by Crippen LogP contribution is -2.15. The van der Waals surface area contributed by atoms with Gasteiger partial charge in [-0.05, 0) is 54.1 Å². The highest BCUT2D eigenvalue weighted by atomic mass is 32.2. The third kappa shape index (κ3) is 5.75. The number of hydrogen-bond acceptors (Lipinski definition) is 6. The molecule has 3 aromatic carbocycles. The van der Waals surface area contributed by atoms with E-state index in [0.717, 1.165) is 17.7 Å². The van der Waals surface area contributed by atoms with E-state index in [1.807, 2.05) is 12.1 Å². The van der Waals surface area contributed by atoms with Crippen molar-refractivity contribution in [1.82, 2.24) is 0 Å². The monoisotopic (exact) mass is 468 g/mol. The van der Waals surface area contributed by atoms with Crippen molar-refractivity contribution in [2.75, 3.05) is 30.4 Å². The maximum atomic E-state index is 12.8. The Balaban J connectivity index is 1.38. The third-order valence-corrected chi connectivity index (χ3v) is 6.35. The number of hydrogen-bond donors (Lipinski definition) is 2. The van der Waals surface area contributed by atoms with Crippen LogP contribution in [0.2, 0.25) is 0 Å². The van der Waals surface area contributed by atoms with Gasteiger partial charge >= 0.3 is 0 Å². The molecule has 9 heteroatoms. The quantitative estimate of drug-likeness (QED) is 0.546. The van der Waals surface area contributed by atoms with E-state index in [-0.39, 0.29) is 17.2 Å². The number of amides is 1. The van der Waals surface area contributed by atoms with Crippen LogP contribution in [0.15, 0.2) is 71.6 Å². The van der Waals surface area contributed by atoms with Crippen LogP contribution in [0.4, 0.5) is 11.4 Å². The summed E-state index contributed by atoms with van der Waals surface area (Å²) in [6.45, 7) is 0.996. The molecule has 0 aliphatic carbocycles. The van der Waals surface area contributed by atoms with Gasteiger partial charge in [-0.3, -0.25) is 9.52 Å². The van der Waals surface area contributed by atoms with E-state index >= 15 is 0 Å². The van der Waals surface area contributed by atoms with E-state index < -0.39 is 10.0 Å². The Bertz CT molecular complexity index is 1220. The molecule has 33 heavy (non-hydrogen) atoms. The summed E-state index contributed by atoms with van der Waals surface area (Å²) in [5.41, 5.74) is 1.79. The molecule has 0 radical (unpaired) electrons. The fraction of sp³-hybridized carbons (Fsp3) is 0.208. The van der Waals surface area contributed by atoms with Gasteiger partial charge in [0.05, 0.1) is 31.6 Å². The summed E-state index contributed by atoms with van der Waals surface area (Å²) in [6, 6.07) is 18.2. The van der Waals surface area contributed by atoms with Gasteiger partial charge in [-0.15, -0.1) is 0 Å². The molecule has 0 saturated heterocycles. The number of carbonyl (C=O) groups excluding carboxylic acids is 1. The van der Waals surface area contributed by atoms with Crippen molar-refractivity contribution in [2.24, 2.45) is 0 Å². The van der Waals surface area contributed by atoms with Crippen LogP contribution in [0, 0.1) is 0 Å². The Hall–Kier alpha value is -3.72. The number of fused-ring (bicyclic) bond motifs is 1. The number of anilines is 2. The normalized spacial score (nSPS) is 13.0. The molecule has 4 rings (SSSR count). The summed E-state index contributed by atoms with van der Waals surface area (Å²) in [4.78, 5) is 12.4. The van der Waals surface area contributed by atoms with Crippen molar-refractivity contribution < 1.29 is 27.4 Å². The lowest BCUT2D eigenvalue weighted by atomic mass is 10.1. The van der Waals surface area contributed by atoms with E-state index in [1.54, 1.807) is 49.6 Å². The van der Waals surface area contributed by atoms with Crippen LogP contribution in [-0.2, 0) is 21.2 Å². The fourth-order valence-corrected chi connectivity index (χ4v) is 4.35. The molecule has 1 aliphatic heterocycles. The topological polar surface area (TPSA) is 103 Å². The van der Waals surface area contributed by atoms with Gasteiger partial charge in [-0.1, -0.05) is 12.1 Å². The number of sulfonamides is 1. The first-order valence-corrected chi connectivity index (χ1v) is 11.9. The van der Waals surface area contributed by atoms with Gasteiger partial charge in [0.15, 0.2) is 11.5 Å². The van der Waals surface area contributed by atoms with Gasteiger partial charge in [0.1, 0.15) is 5.75 Å². The Morgan fingerprint density at radius 1 is 0.909 bits per heavy atom. The smallest absolute Gasteiger partial charge is 0.262 e. The molecule has 0 bridgehead atoms. The lowest BCUT2D eigenvalue weighted by molar-refractivity contribution is -0.115. The van der Waals surface area contributed by atoms with Gasteiger partial charge in [-0.25, -0.2) is 8.42 Å². The molecule has 8 nitrogen and oxygen atoms in total. The second-order valence-electron chi connectivity index (χ2n) is 7.41. The second-order valence-corrected chi connectivity index (χ2v) is 9.10. The van der Waals surface area contributed by atoms with Gasteiger partial charge in [-0.2, -0.15) is 0 Å². The molecule has 1 heterocycles. The van der Waals surface area contributed by atoms with Crippen LogP contribution in [0.1, 0.15) is 12.0 Å². The Morgan fingerprint density at radius 2 is 1.58 bits per heavy atom. The number of ether oxygens (including phenoxy) is 3. The highest BCUT2D eigenvalue weighted by Crippen LogP contribution is 2.32. The fourth-order valence-electron chi connectivity index (χ4n) is 3.28. The summed E-state index contributed by atoms with van der Waals surface area (Å²) < 4.78 is 44.4. The lowest BCUT2D eigenvalue weighted by Gasteiger charge is -2.12. The molecule has 2 N–H and O–H groups in total. The van der Waals surface area contributed by atoms with Crippen molar-refractivity contribution in [2.45, 2.75) is 17.7 Å². The maximum Gasteiger partial charge on any atom is 0.262 e. The van der Waals surface area contributed by atoms with Crippen molar-refractivity contribution in [3.63, 3.8) is 0 Å². The van der Waals surface area contributed by atoms with Crippen LogP contribution in [0.3, 0.4) is 0 Å². The largest absolute Gasteiger partial charge is 0.497 e. The van der Waals surface area contributed by atoms with Crippen LogP contribution < -0.4 is 24.2 Å². The Morgan fingerprint density at radius 3 is 2.27 bits per heavy atom.